The van der Waals surface area contributed by atoms with Crippen molar-refractivity contribution in [2.75, 3.05) is 6.54 Å². The molecule has 1 saturated carbocycles. The standard InChI is InChI=1S/C16H24N2O2/c1-16(2,3)20-15(19)18-14(11-17-13-9-10-13)12-7-5-4-6-8-12/h4-8,13-14,17H,9-11H2,1-3H3,(H,18,19). The van der Waals surface area contributed by atoms with Crippen LogP contribution in [0.2, 0.25) is 0 Å². The summed E-state index contributed by atoms with van der Waals surface area (Å²) in [6, 6.07) is 10.5. The number of carbonyl (C=O) groups is 1. The van der Waals surface area contributed by atoms with Gasteiger partial charge in [-0.15, -0.1) is 0 Å². The van der Waals surface area contributed by atoms with Gasteiger partial charge in [0.1, 0.15) is 5.60 Å². The van der Waals surface area contributed by atoms with Crippen molar-refractivity contribution in [2.24, 2.45) is 0 Å². The van der Waals surface area contributed by atoms with E-state index in [1.807, 2.05) is 51.1 Å². The van der Waals surface area contributed by atoms with Gasteiger partial charge in [-0.25, -0.2) is 4.79 Å². The van der Waals surface area contributed by atoms with Crippen molar-refractivity contribution in [3.63, 3.8) is 0 Å². The molecule has 0 bridgehead atoms. The third-order valence-electron chi connectivity index (χ3n) is 3.08. The summed E-state index contributed by atoms with van der Waals surface area (Å²) < 4.78 is 5.33. The first-order valence-electron chi connectivity index (χ1n) is 7.22. The van der Waals surface area contributed by atoms with E-state index < -0.39 is 5.60 Å². The third-order valence-corrected chi connectivity index (χ3v) is 3.08. The summed E-state index contributed by atoms with van der Waals surface area (Å²) >= 11 is 0. The van der Waals surface area contributed by atoms with E-state index in [1.165, 1.54) is 12.8 Å². The first kappa shape index (κ1) is 14.9. The monoisotopic (exact) mass is 276 g/mol. The predicted octanol–water partition coefficient (Wildman–Crippen LogP) is 3.00. The van der Waals surface area contributed by atoms with E-state index in [-0.39, 0.29) is 12.1 Å². The average Bonchev–Trinajstić information content (AvgIpc) is 3.17. The van der Waals surface area contributed by atoms with Gasteiger partial charge in [-0.3, -0.25) is 0 Å². The lowest BCUT2D eigenvalue weighted by Gasteiger charge is -2.24. The first-order chi connectivity index (χ1) is 9.44. The van der Waals surface area contributed by atoms with Crippen LogP contribution in [-0.2, 0) is 4.74 Å². The van der Waals surface area contributed by atoms with Crippen molar-refractivity contribution < 1.29 is 9.53 Å². The summed E-state index contributed by atoms with van der Waals surface area (Å²) in [4.78, 5) is 11.9. The second-order valence-electron chi connectivity index (χ2n) is 6.29. The van der Waals surface area contributed by atoms with Gasteiger partial charge in [-0.05, 0) is 39.2 Å². The highest BCUT2D eigenvalue weighted by atomic mass is 16.6. The molecule has 1 unspecified atom stereocenters. The Morgan fingerprint density at radius 2 is 1.95 bits per heavy atom. The van der Waals surface area contributed by atoms with Crippen LogP contribution in [-0.4, -0.2) is 24.3 Å². The summed E-state index contributed by atoms with van der Waals surface area (Å²) in [7, 11) is 0. The van der Waals surface area contributed by atoms with Gasteiger partial charge in [-0.2, -0.15) is 0 Å². The molecule has 1 aliphatic rings. The molecule has 0 aromatic heterocycles. The van der Waals surface area contributed by atoms with Gasteiger partial charge in [0.15, 0.2) is 0 Å². The number of hydrogen-bond donors (Lipinski definition) is 2. The molecule has 1 aromatic rings. The molecular formula is C16H24N2O2. The Bertz CT molecular complexity index is 436. The Labute approximate surface area is 120 Å². The molecule has 110 valence electrons. The number of hydrogen-bond acceptors (Lipinski definition) is 3. The Balaban J connectivity index is 1.96. The number of alkyl carbamates (subject to hydrolysis) is 1. The van der Waals surface area contributed by atoms with Crippen LogP contribution in [0.25, 0.3) is 0 Å². The van der Waals surface area contributed by atoms with E-state index in [2.05, 4.69) is 10.6 Å². The first-order valence-corrected chi connectivity index (χ1v) is 7.22. The molecule has 0 radical (unpaired) electrons. The van der Waals surface area contributed by atoms with Crippen molar-refractivity contribution in [3.8, 4) is 0 Å². The molecule has 0 spiro atoms. The normalized spacial score (nSPS) is 16.6. The van der Waals surface area contributed by atoms with Crippen molar-refractivity contribution in [1.29, 1.82) is 0 Å². The second kappa shape index (κ2) is 6.27. The van der Waals surface area contributed by atoms with Crippen LogP contribution >= 0.6 is 0 Å². The highest BCUT2D eigenvalue weighted by Gasteiger charge is 2.24. The van der Waals surface area contributed by atoms with Crippen LogP contribution in [0.5, 0.6) is 0 Å². The maximum absolute atomic E-state index is 11.9. The van der Waals surface area contributed by atoms with Crippen LogP contribution < -0.4 is 10.6 Å². The summed E-state index contributed by atoms with van der Waals surface area (Å²) in [6.45, 7) is 6.33. The van der Waals surface area contributed by atoms with Gasteiger partial charge in [-0.1, -0.05) is 30.3 Å². The number of carbonyl (C=O) groups excluding carboxylic acids is 1. The summed E-state index contributed by atoms with van der Waals surface area (Å²) in [5.41, 5.74) is 0.612. The second-order valence-corrected chi connectivity index (χ2v) is 6.29. The van der Waals surface area contributed by atoms with Crippen LogP contribution in [0.3, 0.4) is 0 Å². The Morgan fingerprint density at radius 3 is 2.50 bits per heavy atom. The van der Waals surface area contributed by atoms with E-state index in [4.69, 9.17) is 4.74 Å². The topological polar surface area (TPSA) is 50.4 Å². The highest BCUT2D eigenvalue weighted by molar-refractivity contribution is 5.68. The molecule has 1 fully saturated rings. The summed E-state index contributed by atoms with van der Waals surface area (Å²) in [6.07, 6.45) is 2.09. The van der Waals surface area contributed by atoms with E-state index in [1.54, 1.807) is 0 Å². The maximum Gasteiger partial charge on any atom is 0.408 e. The largest absolute Gasteiger partial charge is 0.444 e. The Morgan fingerprint density at radius 1 is 1.30 bits per heavy atom. The molecule has 0 saturated heterocycles. The molecule has 20 heavy (non-hydrogen) atoms. The SMILES string of the molecule is CC(C)(C)OC(=O)NC(CNC1CC1)c1ccccc1. The van der Waals surface area contributed by atoms with Gasteiger partial charge in [0.05, 0.1) is 6.04 Å². The van der Waals surface area contributed by atoms with Crippen LogP contribution in [0.15, 0.2) is 30.3 Å². The Hall–Kier alpha value is -1.55. The lowest BCUT2D eigenvalue weighted by atomic mass is 10.1. The van der Waals surface area contributed by atoms with E-state index >= 15 is 0 Å². The van der Waals surface area contributed by atoms with Crippen molar-refractivity contribution in [3.05, 3.63) is 35.9 Å². The molecule has 0 heterocycles. The minimum Gasteiger partial charge on any atom is -0.444 e. The van der Waals surface area contributed by atoms with Gasteiger partial charge < -0.3 is 15.4 Å². The predicted molar refractivity (Wildman–Crippen MR) is 79.6 cm³/mol. The fourth-order valence-corrected chi connectivity index (χ4v) is 1.96. The zero-order valence-electron chi connectivity index (χ0n) is 12.5. The van der Waals surface area contributed by atoms with E-state index in [0.29, 0.717) is 6.04 Å². The smallest absolute Gasteiger partial charge is 0.408 e. The highest BCUT2D eigenvalue weighted by Crippen LogP contribution is 2.20. The van der Waals surface area contributed by atoms with Gasteiger partial charge >= 0.3 is 6.09 Å². The van der Waals surface area contributed by atoms with Crippen molar-refractivity contribution in [2.45, 2.75) is 51.3 Å². The lowest BCUT2D eigenvalue weighted by Crippen LogP contribution is -2.39. The number of amides is 1. The number of ether oxygens (including phenoxy) is 1. The average molecular weight is 276 g/mol. The van der Waals surface area contributed by atoms with Gasteiger partial charge in [0.2, 0.25) is 0 Å². The zero-order chi connectivity index (χ0) is 14.6. The molecule has 1 atom stereocenters. The molecule has 2 N–H and O–H groups in total. The van der Waals surface area contributed by atoms with E-state index in [0.717, 1.165) is 12.1 Å². The van der Waals surface area contributed by atoms with Crippen LogP contribution in [0, 0.1) is 0 Å². The molecular weight excluding hydrogens is 252 g/mol. The van der Waals surface area contributed by atoms with E-state index in [9.17, 15) is 4.79 Å². The van der Waals surface area contributed by atoms with Crippen LogP contribution in [0.1, 0.15) is 45.2 Å². The third kappa shape index (κ3) is 5.21. The molecule has 1 amide bonds. The number of benzene rings is 1. The van der Waals surface area contributed by atoms with Crippen molar-refractivity contribution >= 4 is 6.09 Å². The minimum atomic E-state index is -0.477. The van der Waals surface area contributed by atoms with Gasteiger partial charge in [0, 0.05) is 12.6 Å². The minimum absolute atomic E-state index is 0.0633. The maximum atomic E-state index is 11.9. The fraction of sp³-hybridized carbons (Fsp3) is 0.562. The Kier molecular flexibility index (Phi) is 4.65. The van der Waals surface area contributed by atoms with Crippen molar-refractivity contribution in [1.82, 2.24) is 10.6 Å². The molecule has 0 aliphatic heterocycles. The molecule has 2 rings (SSSR count). The molecule has 1 aromatic carbocycles. The number of nitrogens with one attached hydrogen (secondary N) is 2. The molecule has 1 aliphatic carbocycles. The zero-order valence-corrected chi connectivity index (χ0v) is 12.5. The molecule has 4 nitrogen and oxygen atoms in total. The fourth-order valence-electron chi connectivity index (χ4n) is 1.96. The van der Waals surface area contributed by atoms with Gasteiger partial charge in [0.25, 0.3) is 0 Å². The quantitative estimate of drug-likeness (QED) is 0.869. The summed E-state index contributed by atoms with van der Waals surface area (Å²) in [5.74, 6) is 0. The lowest BCUT2D eigenvalue weighted by molar-refractivity contribution is 0.0503. The molecule has 4 heteroatoms. The number of rotatable bonds is 5. The summed E-state index contributed by atoms with van der Waals surface area (Å²) in [5, 5.41) is 6.40. The van der Waals surface area contributed by atoms with Crippen LogP contribution in [0.4, 0.5) is 4.79 Å².